The molecule has 1 N–H and O–H groups in total. The summed E-state index contributed by atoms with van der Waals surface area (Å²) in [6.07, 6.45) is 0. The number of hydrogen-bond acceptors (Lipinski definition) is 8. The number of hydrogen-bond donors (Lipinski definition) is 1. The molecule has 0 saturated carbocycles. The Labute approximate surface area is 253 Å². The minimum Gasteiger partial charge on any atom is -0.462 e. The number of thioether (sulfide) groups is 1. The summed E-state index contributed by atoms with van der Waals surface area (Å²) in [4.78, 5) is 67.5. The number of aromatic nitrogens is 1. The molecular weight excluding hydrogens is 593 g/mol. The Morgan fingerprint density at radius 2 is 1.63 bits per heavy atom. The van der Waals surface area contributed by atoms with E-state index >= 15 is 0 Å². The van der Waals surface area contributed by atoms with E-state index in [9.17, 15) is 28.4 Å². The normalized spacial score (nSPS) is 19.1. The van der Waals surface area contributed by atoms with Crippen LogP contribution in [-0.4, -0.2) is 40.1 Å². The number of nitrogens with zero attached hydrogens (tertiary/aromatic N) is 2. The monoisotopic (exact) mass is 617 g/mol. The predicted octanol–water partition coefficient (Wildman–Crippen LogP) is 4.66. The van der Waals surface area contributed by atoms with E-state index in [1.165, 1.54) is 53.1 Å². The highest BCUT2D eigenvalue weighted by Gasteiger charge is 2.56. The number of ether oxygens (including phenoxy) is 1. The van der Waals surface area contributed by atoms with Crippen LogP contribution in [0.4, 0.5) is 15.8 Å². The molecule has 0 radical (unpaired) electrons. The van der Waals surface area contributed by atoms with Gasteiger partial charge >= 0.3 is 10.8 Å². The van der Waals surface area contributed by atoms with Crippen molar-refractivity contribution in [2.45, 2.75) is 29.7 Å². The maximum Gasteiger partial charge on any atom is 0.338 e. The third-order valence-corrected chi connectivity index (χ3v) is 9.88. The van der Waals surface area contributed by atoms with Gasteiger partial charge in [-0.05, 0) is 61.0 Å². The van der Waals surface area contributed by atoms with Crippen LogP contribution in [0.15, 0.2) is 88.7 Å². The average molecular weight is 618 g/mol. The van der Waals surface area contributed by atoms with Crippen molar-refractivity contribution < 1.29 is 28.3 Å². The van der Waals surface area contributed by atoms with E-state index < -0.39 is 46.6 Å². The minimum absolute atomic E-state index is 0.217. The summed E-state index contributed by atoms with van der Waals surface area (Å²) in [5.41, 5.74) is 1.76. The maximum atomic E-state index is 14.0. The van der Waals surface area contributed by atoms with Crippen molar-refractivity contribution in [3.05, 3.63) is 110 Å². The second-order valence-electron chi connectivity index (χ2n) is 9.91. The summed E-state index contributed by atoms with van der Waals surface area (Å²) in [5.74, 6) is -3.70. The quantitative estimate of drug-likeness (QED) is 0.237. The summed E-state index contributed by atoms with van der Waals surface area (Å²) in [5, 5.41) is 2.27. The van der Waals surface area contributed by atoms with Gasteiger partial charge in [0.05, 0.1) is 28.8 Å². The zero-order valence-electron chi connectivity index (χ0n) is 22.7. The highest BCUT2D eigenvalue weighted by Crippen LogP contribution is 2.53. The number of fused-ring (bicyclic) bond motifs is 2. The van der Waals surface area contributed by atoms with Gasteiger partial charge in [-0.25, -0.2) is 14.1 Å². The lowest BCUT2D eigenvalue weighted by atomic mass is 9.83. The lowest BCUT2D eigenvalue weighted by Crippen LogP contribution is -2.33. The van der Waals surface area contributed by atoms with E-state index in [1.54, 1.807) is 6.92 Å². The Hall–Kier alpha value is -4.55. The van der Waals surface area contributed by atoms with Crippen molar-refractivity contribution in [2.75, 3.05) is 16.8 Å². The molecule has 1 fully saturated rings. The number of rotatable bonds is 7. The Bertz CT molecular complexity index is 1790. The number of nitrogens with one attached hydrogen (secondary N) is 1. The molecule has 9 nitrogen and oxygen atoms in total. The number of thiazole rings is 1. The van der Waals surface area contributed by atoms with Crippen molar-refractivity contribution in [3.63, 3.8) is 0 Å². The Kier molecular flexibility index (Phi) is 7.72. The molecule has 1 aromatic heterocycles. The van der Waals surface area contributed by atoms with Crippen molar-refractivity contribution in [3.8, 4) is 0 Å². The van der Waals surface area contributed by atoms with Crippen LogP contribution in [0.25, 0.3) is 0 Å². The molecule has 218 valence electrons. The van der Waals surface area contributed by atoms with Gasteiger partial charge in [-0.3, -0.25) is 23.7 Å². The summed E-state index contributed by atoms with van der Waals surface area (Å²) < 4.78 is 19.6. The molecule has 2 aliphatic heterocycles. The van der Waals surface area contributed by atoms with Crippen molar-refractivity contribution >= 4 is 58.2 Å². The van der Waals surface area contributed by atoms with Crippen LogP contribution in [0.1, 0.15) is 33.6 Å². The fraction of sp³-hybridized carbons (Fsp3) is 0.194. The molecule has 4 aromatic rings. The second kappa shape index (κ2) is 11.6. The fourth-order valence-electron chi connectivity index (χ4n) is 5.37. The molecule has 0 aliphatic carbocycles. The molecule has 3 atom stereocenters. The zero-order valence-corrected chi connectivity index (χ0v) is 24.3. The van der Waals surface area contributed by atoms with Crippen LogP contribution < -0.4 is 15.1 Å². The van der Waals surface area contributed by atoms with E-state index in [0.717, 1.165) is 33.6 Å². The third-order valence-electron chi connectivity index (χ3n) is 7.27. The van der Waals surface area contributed by atoms with Gasteiger partial charge in [0.2, 0.25) is 17.7 Å². The lowest BCUT2D eigenvalue weighted by Gasteiger charge is -2.30. The highest BCUT2D eigenvalue weighted by molar-refractivity contribution is 8.00. The molecule has 3 aromatic carbocycles. The van der Waals surface area contributed by atoms with Gasteiger partial charge in [0.25, 0.3) is 0 Å². The maximum absolute atomic E-state index is 14.0. The Morgan fingerprint density at radius 3 is 2.30 bits per heavy atom. The van der Waals surface area contributed by atoms with Crippen LogP contribution in [-0.2, 0) is 25.7 Å². The number of carbonyl (C=O) groups excluding carboxylic acids is 4. The number of halogens is 1. The third kappa shape index (κ3) is 5.28. The summed E-state index contributed by atoms with van der Waals surface area (Å²) >= 11 is 2.06. The van der Waals surface area contributed by atoms with E-state index in [-0.39, 0.29) is 18.0 Å². The van der Waals surface area contributed by atoms with Gasteiger partial charge in [0, 0.05) is 16.5 Å². The first-order valence-electron chi connectivity index (χ1n) is 13.4. The van der Waals surface area contributed by atoms with E-state index in [0.29, 0.717) is 26.8 Å². The molecule has 0 bridgehead atoms. The van der Waals surface area contributed by atoms with Gasteiger partial charge in [-0.2, -0.15) is 0 Å². The Balaban J connectivity index is 1.35. The summed E-state index contributed by atoms with van der Waals surface area (Å²) in [7, 11) is 0. The van der Waals surface area contributed by atoms with Crippen LogP contribution >= 0.6 is 23.1 Å². The molecule has 1 saturated heterocycles. The number of anilines is 2. The van der Waals surface area contributed by atoms with E-state index in [2.05, 4.69) is 5.32 Å². The molecule has 6 rings (SSSR count). The first-order chi connectivity index (χ1) is 20.8. The first kappa shape index (κ1) is 28.6. The van der Waals surface area contributed by atoms with Crippen molar-refractivity contribution in [1.29, 1.82) is 0 Å². The fourth-order valence-corrected chi connectivity index (χ4v) is 8.14. The van der Waals surface area contributed by atoms with Gasteiger partial charge in [-0.1, -0.05) is 53.4 Å². The smallest absolute Gasteiger partial charge is 0.338 e. The van der Waals surface area contributed by atoms with Crippen LogP contribution in [0.2, 0.25) is 0 Å². The number of carbonyl (C=O) groups is 4. The second-order valence-corrected chi connectivity index (χ2v) is 12.0. The molecule has 3 amide bonds. The largest absolute Gasteiger partial charge is 0.462 e. The number of benzene rings is 3. The summed E-state index contributed by atoms with van der Waals surface area (Å²) in [6, 6.07) is 20.5. The van der Waals surface area contributed by atoms with Gasteiger partial charge in [0.15, 0.2) is 0 Å². The molecular formula is C31H24FN3O6S2. The van der Waals surface area contributed by atoms with Gasteiger partial charge in [-0.15, -0.1) is 0 Å². The first-order valence-corrected chi connectivity index (χ1v) is 15.1. The van der Waals surface area contributed by atoms with Gasteiger partial charge in [0.1, 0.15) is 17.6 Å². The number of esters is 1. The highest BCUT2D eigenvalue weighted by atomic mass is 32.2. The molecule has 3 heterocycles. The van der Waals surface area contributed by atoms with Crippen molar-refractivity contribution in [2.24, 2.45) is 5.92 Å². The van der Waals surface area contributed by atoms with Crippen molar-refractivity contribution in [1.82, 2.24) is 4.57 Å². The average Bonchev–Trinajstić information content (AvgIpc) is 3.45. The SMILES string of the molecule is CCOC(=O)c1ccc(N2C(=O)C3Sc4c(sc(=O)n4CC(=O)Nc4ccc(F)cc4)[C@@H](c4ccccc4)C3C2=O)cc1. The number of imide groups is 1. The van der Waals surface area contributed by atoms with Gasteiger partial charge < -0.3 is 10.1 Å². The molecule has 43 heavy (non-hydrogen) atoms. The summed E-state index contributed by atoms with van der Waals surface area (Å²) in [6.45, 7) is 1.59. The Morgan fingerprint density at radius 1 is 0.930 bits per heavy atom. The predicted molar refractivity (Wildman–Crippen MR) is 160 cm³/mol. The molecule has 0 spiro atoms. The topological polar surface area (TPSA) is 115 Å². The zero-order chi connectivity index (χ0) is 30.2. The van der Waals surface area contributed by atoms with Crippen LogP contribution in [0, 0.1) is 11.7 Å². The minimum atomic E-state index is -0.852. The van der Waals surface area contributed by atoms with E-state index in [1.807, 2.05) is 30.3 Å². The molecule has 2 unspecified atom stereocenters. The van der Waals surface area contributed by atoms with Crippen LogP contribution in [0.3, 0.4) is 0 Å². The standard InChI is InChI=1S/C31H24FN3O6S2/c1-2-41-30(39)18-8-14-21(15-9-18)35-27(37)24-23(17-6-4-3-5-7-17)26-29(42-25(24)28(35)38)34(31(40)43-26)16-22(36)33-20-12-10-19(32)11-13-20/h3-15,23-25H,2,16H2,1H3,(H,33,36)/t23-,24?,25?/m0/s1. The molecule has 12 heteroatoms. The molecule has 2 aliphatic rings. The number of amides is 3. The van der Waals surface area contributed by atoms with E-state index in [4.69, 9.17) is 4.74 Å². The lowest BCUT2D eigenvalue weighted by molar-refractivity contribution is -0.122. The van der Waals surface area contributed by atoms with Crippen LogP contribution in [0.5, 0.6) is 0 Å².